The van der Waals surface area contributed by atoms with E-state index in [1.165, 1.54) is 0 Å². The summed E-state index contributed by atoms with van der Waals surface area (Å²) in [4.78, 5) is 2.11. The smallest absolute Gasteiger partial charge is 0.149 e. The van der Waals surface area contributed by atoms with Gasteiger partial charge in [0.05, 0.1) is 6.10 Å². The number of aliphatic hydroxyl groups is 1. The summed E-state index contributed by atoms with van der Waals surface area (Å²) in [6.45, 7) is 1.76. The van der Waals surface area contributed by atoms with Crippen LogP contribution < -0.4 is 0 Å². The van der Waals surface area contributed by atoms with Crippen LogP contribution in [0.2, 0.25) is 0 Å². The fourth-order valence-electron chi connectivity index (χ4n) is 2.70. The molecule has 4 rings (SSSR count). The van der Waals surface area contributed by atoms with E-state index in [1.54, 1.807) is 18.7 Å². The van der Waals surface area contributed by atoms with Gasteiger partial charge in [0.15, 0.2) is 0 Å². The second kappa shape index (κ2) is 6.70. The molecule has 0 saturated carbocycles. The van der Waals surface area contributed by atoms with Crippen molar-refractivity contribution in [3.05, 3.63) is 72.3 Å². The molecule has 0 radical (unpaired) electrons. The van der Waals surface area contributed by atoms with Crippen molar-refractivity contribution in [3.63, 3.8) is 0 Å². The van der Waals surface area contributed by atoms with Gasteiger partial charge in [-0.2, -0.15) is 0 Å². The van der Waals surface area contributed by atoms with Gasteiger partial charge in [-0.3, -0.25) is 0 Å². The minimum atomic E-state index is -0.504. The van der Waals surface area contributed by atoms with Gasteiger partial charge in [0, 0.05) is 9.79 Å². The highest BCUT2D eigenvalue weighted by Crippen LogP contribution is 2.36. The van der Waals surface area contributed by atoms with E-state index in [0.29, 0.717) is 0 Å². The molecule has 25 heavy (non-hydrogen) atoms. The molecular formula is C20H16N2O2S. The standard InChI is InChI=1S/C20H16N2O2S/c1-13(23)14-6-5-7-15(10-14)16-11-18-20(22-24-21-18)19(12-16)25-17-8-3-2-4-9-17/h2-13,23H,1H3. The van der Waals surface area contributed by atoms with Crippen molar-refractivity contribution in [2.24, 2.45) is 0 Å². The van der Waals surface area contributed by atoms with E-state index in [-0.39, 0.29) is 0 Å². The first-order valence-corrected chi connectivity index (χ1v) is 8.80. The average molecular weight is 348 g/mol. The van der Waals surface area contributed by atoms with Gasteiger partial charge in [-0.25, -0.2) is 4.63 Å². The second-order valence-corrected chi connectivity index (χ2v) is 6.94. The van der Waals surface area contributed by atoms with Gasteiger partial charge in [0.25, 0.3) is 0 Å². The van der Waals surface area contributed by atoms with Gasteiger partial charge in [0.2, 0.25) is 0 Å². The minimum absolute atomic E-state index is 0.504. The molecule has 1 atom stereocenters. The Morgan fingerprint density at radius 2 is 1.76 bits per heavy atom. The summed E-state index contributed by atoms with van der Waals surface area (Å²) in [5.41, 5.74) is 4.40. The van der Waals surface area contributed by atoms with Crippen LogP contribution in [0.4, 0.5) is 0 Å². The molecule has 1 N–H and O–H groups in total. The largest absolute Gasteiger partial charge is 0.389 e. The van der Waals surface area contributed by atoms with E-state index in [2.05, 4.69) is 28.5 Å². The SMILES string of the molecule is CC(O)c1cccc(-c2cc(Sc3ccccc3)c3nonc3c2)c1. The van der Waals surface area contributed by atoms with Crippen LogP contribution in [-0.2, 0) is 0 Å². The number of hydrogen-bond donors (Lipinski definition) is 1. The maximum Gasteiger partial charge on any atom is 0.149 e. The van der Waals surface area contributed by atoms with Crippen LogP contribution in [0.15, 0.2) is 81.2 Å². The summed E-state index contributed by atoms with van der Waals surface area (Å²) < 4.78 is 4.94. The third-order valence-corrected chi connectivity index (χ3v) is 5.04. The number of fused-ring (bicyclic) bond motifs is 1. The maximum atomic E-state index is 9.84. The summed E-state index contributed by atoms with van der Waals surface area (Å²) in [7, 11) is 0. The fraction of sp³-hybridized carbons (Fsp3) is 0.100. The van der Waals surface area contributed by atoms with Crippen LogP contribution in [0.1, 0.15) is 18.6 Å². The molecule has 0 aliphatic rings. The predicted molar refractivity (Wildman–Crippen MR) is 98.4 cm³/mol. The topological polar surface area (TPSA) is 59.2 Å². The van der Waals surface area contributed by atoms with E-state index >= 15 is 0 Å². The first kappa shape index (κ1) is 15.9. The molecule has 0 amide bonds. The first-order valence-electron chi connectivity index (χ1n) is 7.98. The highest BCUT2D eigenvalue weighted by Gasteiger charge is 2.13. The van der Waals surface area contributed by atoms with Crippen LogP contribution in [0.25, 0.3) is 22.2 Å². The lowest BCUT2D eigenvalue weighted by Crippen LogP contribution is -1.91. The number of nitrogens with zero attached hydrogens (tertiary/aromatic N) is 2. The minimum Gasteiger partial charge on any atom is -0.389 e. The van der Waals surface area contributed by atoms with Crippen molar-refractivity contribution in [1.82, 2.24) is 10.3 Å². The summed E-state index contributed by atoms with van der Waals surface area (Å²) in [6, 6.07) is 22.1. The van der Waals surface area contributed by atoms with Gasteiger partial charge in [0.1, 0.15) is 11.0 Å². The number of aromatic nitrogens is 2. The average Bonchev–Trinajstić information content (AvgIpc) is 3.11. The summed E-state index contributed by atoms with van der Waals surface area (Å²) in [5, 5.41) is 17.9. The van der Waals surface area contributed by atoms with Crippen molar-refractivity contribution in [3.8, 4) is 11.1 Å². The Morgan fingerprint density at radius 3 is 2.56 bits per heavy atom. The molecule has 0 saturated heterocycles. The van der Waals surface area contributed by atoms with Crippen molar-refractivity contribution < 1.29 is 9.74 Å². The Morgan fingerprint density at radius 1 is 0.920 bits per heavy atom. The summed E-state index contributed by atoms with van der Waals surface area (Å²) in [5.74, 6) is 0. The molecule has 0 aliphatic carbocycles. The zero-order valence-corrected chi connectivity index (χ0v) is 14.4. The molecule has 3 aromatic carbocycles. The Labute approximate surface area is 149 Å². The number of aliphatic hydroxyl groups excluding tert-OH is 1. The van der Waals surface area contributed by atoms with Gasteiger partial charge in [-0.15, -0.1) is 0 Å². The maximum absolute atomic E-state index is 9.84. The molecule has 0 fully saturated rings. The van der Waals surface area contributed by atoms with Crippen LogP contribution >= 0.6 is 11.8 Å². The highest BCUT2D eigenvalue weighted by molar-refractivity contribution is 7.99. The van der Waals surface area contributed by atoms with Crippen molar-refractivity contribution >= 4 is 22.8 Å². The first-order chi connectivity index (χ1) is 12.2. The Hall–Kier alpha value is -2.63. The molecule has 124 valence electrons. The number of benzene rings is 3. The molecular weight excluding hydrogens is 332 g/mol. The zero-order chi connectivity index (χ0) is 17.2. The van der Waals surface area contributed by atoms with Crippen LogP contribution in [0.5, 0.6) is 0 Å². The van der Waals surface area contributed by atoms with E-state index in [1.807, 2.05) is 48.5 Å². The summed E-state index contributed by atoms with van der Waals surface area (Å²) in [6.07, 6.45) is -0.504. The van der Waals surface area contributed by atoms with Crippen molar-refractivity contribution in [2.45, 2.75) is 22.8 Å². The highest BCUT2D eigenvalue weighted by atomic mass is 32.2. The lowest BCUT2D eigenvalue weighted by molar-refractivity contribution is 0.199. The molecule has 1 aromatic heterocycles. The third-order valence-electron chi connectivity index (χ3n) is 4.00. The molecule has 1 heterocycles. The van der Waals surface area contributed by atoms with E-state index in [0.717, 1.165) is 37.5 Å². The van der Waals surface area contributed by atoms with Crippen LogP contribution in [-0.4, -0.2) is 15.4 Å². The monoisotopic (exact) mass is 348 g/mol. The van der Waals surface area contributed by atoms with E-state index in [4.69, 9.17) is 4.63 Å². The number of hydrogen-bond acceptors (Lipinski definition) is 5. The van der Waals surface area contributed by atoms with Crippen LogP contribution in [0.3, 0.4) is 0 Å². The molecule has 0 spiro atoms. The van der Waals surface area contributed by atoms with Crippen molar-refractivity contribution in [2.75, 3.05) is 0 Å². The lowest BCUT2D eigenvalue weighted by Gasteiger charge is -2.09. The molecule has 4 aromatic rings. The summed E-state index contributed by atoms with van der Waals surface area (Å²) >= 11 is 1.63. The van der Waals surface area contributed by atoms with E-state index in [9.17, 15) is 5.11 Å². The van der Waals surface area contributed by atoms with Gasteiger partial charge in [-0.1, -0.05) is 48.2 Å². The number of rotatable bonds is 4. The Bertz CT molecular complexity index is 1010. The molecule has 5 heteroatoms. The third kappa shape index (κ3) is 3.29. The Balaban J connectivity index is 1.81. The normalized spacial score (nSPS) is 12.4. The quantitative estimate of drug-likeness (QED) is 0.556. The zero-order valence-electron chi connectivity index (χ0n) is 13.6. The van der Waals surface area contributed by atoms with Crippen LogP contribution in [0, 0.1) is 0 Å². The lowest BCUT2D eigenvalue weighted by atomic mass is 10.0. The van der Waals surface area contributed by atoms with E-state index < -0.39 is 6.10 Å². The fourth-order valence-corrected chi connectivity index (χ4v) is 3.67. The molecule has 0 aliphatic heterocycles. The van der Waals surface area contributed by atoms with Gasteiger partial charge >= 0.3 is 0 Å². The van der Waals surface area contributed by atoms with Crippen molar-refractivity contribution in [1.29, 1.82) is 0 Å². The predicted octanol–water partition coefficient (Wildman–Crippen LogP) is 5.09. The molecule has 0 bridgehead atoms. The molecule has 4 nitrogen and oxygen atoms in total. The van der Waals surface area contributed by atoms with Gasteiger partial charge < -0.3 is 5.11 Å². The second-order valence-electron chi connectivity index (χ2n) is 5.82. The molecule has 1 unspecified atom stereocenters. The Kier molecular flexibility index (Phi) is 4.26. The van der Waals surface area contributed by atoms with Gasteiger partial charge in [-0.05, 0) is 64.3 Å².